The molecule has 0 bridgehead atoms. The van der Waals surface area contributed by atoms with Crippen molar-refractivity contribution in [2.75, 3.05) is 28.3 Å². The fourth-order valence-electron chi connectivity index (χ4n) is 1.93. The lowest BCUT2D eigenvalue weighted by atomic mass is 10.1. The number of benzene rings is 1. The number of hydrogen-bond donors (Lipinski definition) is 2. The zero-order valence-corrected chi connectivity index (χ0v) is 12.8. The minimum Gasteiger partial charge on any atom is -0.397 e. The van der Waals surface area contributed by atoms with Crippen LogP contribution in [0, 0.1) is 5.92 Å². The van der Waals surface area contributed by atoms with Crippen LogP contribution in [0.3, 0.4) is 0 Å². The van der Waals surface area contributed by atoms with Crippen LogP contribution in [0.15, 0.2) is 23.1 Å². The summed E-state index contributed by atoms with van der Waals surface area (Å²) in [6, 6.07) is 5.86. The van der Waals surface area contributed by atoms with Crippen molar-refractivity contribution in [1.82, 2.24) is 0 Å². The minimum atomic E-state index is 0.106. The molecule has 2 rings (SSSR count). The lowest BCUT2D eigenvalue weighted by Gasteiger charge is -2.13. The summed E-state index contributed by atoms with van der Waals surface area (Å²) in [4.78, 5) is 13.3. The summed E-state index contributed by atoms with van der Waals surface area (Å²) in [7, 11) is 0. The molecule has 5 heteroatoms. The normalized spacial score (nSPS) is 18.5. The molecule has 1 aliphatic rings. The van der Waals surface area contributed by atoms with Crippen LogP contribution in [0.25, 0.3) is 0 Å². The second-order valence-corrected chi connectivity index (χ2v) is 6.97. The highest BCUT2D eigenvalue weighted by Gasteiger charge is 2.23. The summed E-state index contributed by atoms with van der Waals surface area (Å²) in [5.41, 5.74) is 7.33. The Morgan fingerprint density at radius 1 is 1.58 bits per heavy atom. The van der Waals surface area contributed by atoms with Crippen LogP contribution in [0.1, 0.15) is 19.8 Å². The molecule has 1 heterocycles. The molecule has 1 aliphatic heterocycles. The van der Waals surface area contributed by atoms with Gasteiger partial charge >= 0.3 is 0 Å². The molecule has 104 valence electrons. The van der Waals surface area contributed by atoms with E-state index in [1.807, 2.05) is 30.0 Å². The third kappa shape index (κ3) is 4.08. The standard InChI is InChI=1S/C14H20N2OS2/c1-2-6-19-11-3-4-12(15)13(8-11)16-14(17)10-5-7-18-9-10/h3-4,8,10H,2,5-7,9,15H2,1H3,(H,16,17). The molecule has 1 unspecified atom stereocenters. The number of anilines is 2. The number of thioether (sulfide) groups is 2. The van der Waals surface area contributed by atoms with Crippen molar-refractivity contribution in [2.24, 2.45) is 5.92 Å². The van der Waals surface area contributed by atoms with Gasteiger partial charge in [0.15, 0.2) is 0 Å². The van der Waals surface area contributed by atoms with Gasteiger partial charge in [0.05, 0.1) is 11.4 Å². The summed E-state index contributed by atoms with van der Waals surface area (Å²) >= 11 is 3.63. The van der Waals surface area contributed by atoms with Gasteiger partial charge in [0, 0.05) is 16.6 Å². The lowest BCUT2D eigenvalue weighted by molar-refractivity contribution is -0.119. The third-order valence-electron chi connectivity index (χ3n) is 3.06. The SMILES string of the molecule is CCCSc1ccc(N)c(NC(=O)C2CCSC2)c1. The predicted molar refractivity (Wildman–Crippen MR) is 85.9 cm³/mol. The summed E-state index contributed by atoms with van der Waals surface area (Å²) in [6.45, 7) is 2.16. The molecule has 1 atom stereocenters. The van der Waals surface area contributed by atoms with E-state index in [4.69, 9.17) is 5.73 Å². The molecule has 1 aromatic carbocycles. The third-order valence-corrected chi connectivity index (χ3v) is 5.42. The zero-order valence-electron chi connectivity index (χ0n) is 11.1. The number of carbonyl (C=O) groups is 1. The average Bonchev–Trinajstić information content (AvgIpc) is 2.93. The Kier molecular flexibility index (Phi) is 5.45. The minimum absolute atomic E-state index is 0.106. The quantitative estimate of drug-likeness (QED) is 0.645. The van der Waals surface area contributed by atoms with Crippen LogP contribution in [0.5, 0.6) is 0 Å². The zero-order chi connectivity index (χ0) is 13.7. The second kappa shape index (κ2) is 7.10. The molecule has 3 nitrogen and oxygen atoms in total. The number of rotatable bonds is 5. The monoisotopic (exact) mass is 296 g/mol. The Morgan fingerprint density at radius 2 is 2.42 bits per heavy atom. The van der Waals surface area contributed by atoms with Crippen molar-refractivity contribution in [3.8, 4) is 0 Å². The first kappa shape index (κ1) is 14.6. The molecule has 19 heavy (non-hydrogen) atoms. The van der Waals surface area contributed by atoms with E-state index in [1.165, 1.54) is 0 Å². The number of hydrogen-bond acceptors (Lipinski definition) is 4. The Labute approximate surface area is 123 Å². The summed E-state index contributed by atoms with van der Waals surface area (Å²) in [6.07, 6.45) is 2.11. The van der Waals surface area contributed by atoms with Gasteiger partial charge in [-0.15, -0.1) is 11.8 Å². The average molecular weight is 296 g/mol. The summed E-state index contributed by atoms with van der Waals surface area (Å²) in [5, 5.41) is 2.98. The maximum Gasteiger partial charge on any atom is 0.228 e. The number of amides is 1. The van der Waals surface area contributed by atoms with Gasteiger partial charge in [-0.25, -0.2) is 0 Å². The molecule has 0 aromatic heterocycles. The highest BCUT2D eigenvalue weighted by Crippen LogP contribution is 2.29. The maximum absolute atomic E-state index is 12.1. The highest BCUT2D eigenvalue weighted by molar-refractivity contribution is 7.99. The van der Waals surface area contributed by atoms with Crippen LogP contribution < -0.4 is 11.1 Å². The van der Waals surface area contributed by atoms with E-state index in [-0.39, 0.29) is 11.8 Å². The number of carbonyl (C=O) groups excluding carboxylic acids is 1. The first-order valence-electron chi connectivity index (χ1n) is 6.61. The molecular weight excluding hydrogens is 276 g/mol. The van der Waals surface area contributed by atoms with Gasteiger partial charge in [-0.3, -0.25) is 4.79 Å². The molecule has 1 aromatic rings. The molecule has 1 saturated heterocycles. The van der Waals surface area contributed by atoms with Gasteiger partial charge in [0.2, 0.25) is 5.91 Å². The Balaban J connectivity index is 2.03. The van der Waals surface area contributed by atoms with Gasteiger partial charge in [-0.1, -0.05) is 6.92 Å². The number of nitrogens with one attached hydrogen (secondary N) is 1. The van der Waals surface area contributed by atoms with E-state index >= 15 is 0 Å². The van der Waals surface area contributed by atoms with Crippen LogP contribution in [-0.4, -0.2) is 23.2 Å². The molecule has 1 fully saturated rings. The first-order chi connectivity index (χ1) is 9.20. The smallest absolute Gasteiger partial charge is 0.228 e. The van der Waals surface area contributed by atoms with E-state index < -0.39 is 0 Å². The Hall–Kier alpha value is -0.810. The van der Waals surface area contributed by atoms with Crippen molar-refractivity contribution in [2.45, 2.75) is 24.7 Å². The van der Waals surface area contributed by atoms with Gasteiger partial charge in [0.1, 0.15) is 0 Å². The van der Waals surface area contributed by atoms with Gasteiger partial charge in [0.25, 0.3) is 0 Å². The van der Waals surface area contributed by atoms with Crippen LogP contribution in [0.4, 0.5) is 11.4 Å². The van der Waals surface area contributed by atoms with Crippen molar-refractivity contribution in [3.63, 3.8) is 0 Å². The van der Waals surface area contributed by atoms with E-state index in [0.29, 0.717) is 5.69 Å². The topological polar surface area (TPSA) is 55.1 Å². The van der Waals surface area contributed by atoms with Crippen molar-refractivity contribution in [1.29, 1.82) is 0 Å². The van der Waals surface area contributed by atoms with Crippen molar-refractivity contribution < 1.29 is 4.79 Å². The molecule has 1 amide bonds. The molecule has 0 spiro atoms. The van der Waals surface area contributed by atoms with E-state index in [2.05, 4.69) is 12.2 Å². The van der Waals surface area contributed by atoms with Crippen LogP contribution in [0.2, 0.25) is 0 Å². The maximum atomic E-state index is 12.1. The van der Waals surface area contributed by atoms with Crippen molar-refractivity contribution in [3.05, 3.63) is 18.2 Å². The second-order valence-electron chi connectivity index (χ2n) is 4.65. The molecular formula is C14H20N2OS2. The van der Waals surface area contributed by atoms with E-state index in [9.17, 15) is 4.79 Å². The first-order valence-corrected chi connectivity index (χ1v) is 8.75. The lowest BCUT2D eigenvalue weighted by Crippen LogP contribution is -2.22. The largest absolute Gasteiger partial charge is 0.397 e. The fourth-order valence-corrected chi connectivity index (χ4v) is 3.96. The van der Waals surface area contributed by atoms with E-state index in [0.717, 1.165) is 40.7 Å². The van der Waals surface area contributed by atoms with Gasteiger partial charge in [-0.2, -0.15) is 11.8 Å². The van der Waals surface area contributed by atoms with Crippen molar-refractivity contribution >= 4 is 40.8 Å². The van der Waals surface area contributed by atoms with Crippen LogP contribution >= 0.6 is 23.5 Å². The molecule has 3 N–H and O–H groups in total. The number of nitrogen functional groups attached to an aromatic ring is 1. The predicted octanol–water partition coefficient (Wildman–Crippen LogP) is 3.46. The summed E-state index contributed by atoms with van der Waals surface area (Å²) in [5.74, 6) is 3.33. The highest BCUT2D eigenvalue weighted by atomic mass is 32.2. The van der Waals surface area contributed by atoms with E-state index in [1.54, 1.807) is 11.8 Å². The van der Waals surface area contributed by atoms with Gasteiger partial charge in [-0.05, 0) is 42.5 Å². The van der Waals surface area contributed by atoms with Gasteiger partial charge < -0.3 is 11.1 Å². The molecule has 0 radical (unpaired) electrons. The Bertz CT molecular complexity index is 445. The summed E-state index contributed by atoms with van der Waals surface area (Å²) < 4.78 is 0. The Morgan fingerprint density at radius 3 is 3.11 bits per heavy atom. The van der Waals surface area contributed by atoms with Crippen LogP contribution in [-0.2, 0) is 4.79 Å². The number of nitrogens with two attached hydrogens (primary N) is 1. The molecule has 0 saturated carbocycles. The fraction of sp³-hybridized carbons (Fsp3) is 0.500. The molecule has 0 aliphatic carbocycles.